The molecule has 168 valence electrons. The number of hydrogen-bond acceptors (Lipinski definition) is 5. The fourth-order valence-corrected chi connectivity index (χ4v) is 4.02. The number of amides is 1. The van der Waals surface area contributed by atoms with Crippen LogP contribution in [0.4, 0.5) is 11.4 Å². The predicted octanol–water partition coefficient (Wildman–Crippen LogP) is 4.53. The number of pyridine rings is 2. The number of H-pyrrole nitrogens is 1. The maximum absolute atomic E-state index is 12.8. The molecule has 4 rings (SSSR count). The normalized spacial score (nSPS) is 13.4. The number of aromatic amines is 1. The first-order valence-corrected chi connectivity index (χ1v) is 11.4. The summed E-state index contributed by atoms with van der Waals surface area (Å²) in [7, 11) is 0. The molecular formula is C26H27N5O2. The molecular weight excluding hydrogens is 414 g/mol. The number of rotatable bonds is 7. The lowest BCUT2D eigenvalue weighted by molar-refractivity contribution is 0.102. The number of hydrogen-bond donors (Lipinski definition) is 2. The van der Waals surface area contributed by atoms with Crippen LogP contribution in [0.3, 0.4) is 0 Å². The second-order valence-electron chi connectivity index (χ2n) is 8.21. The van der Waals surface area contributed by atoms with Crippen LogP contribution in [-0.4, -0.2) is 29.0 Å². The molecule has 1 aliphatic rings. The lowest BCUT2D eigenvalue weighted by atomic mass is 10.1. The number of carbonyl (C=O) groups excluding carboxylic acids is 1. The van der Waals surface area contributed by atoms with E-state index in [2.05, 4.69) is 26.3 Å². The third-order valence-electron chi connectivity index (χ3n) is 5.83. The Bertz CT molecular complexity index is 1200. The Kier molecular flexibility index (Phi) is 7.16. The molecule has 0 unspecified atom stereocenters. The smallest absolute Gasteiger partial charge is 0.271 e. The molecule has 0 saturated carbocycles. The lowest BCUT2D eigenvalue weighted by Crippen LogP contribution is -2.29. The number of benzene rings is 1. The molecule has 0 radical (unpaired) electrons. The second-order valence-corrected chi connectivity index (χ2v) is 8.21. The number of carbonyl (C=O) groups is 1. The monoisotopic (exact) mass is 441 g/mol. The van der Waals surface area contributed by atoms with Crippen molar-refractivity contribution in [2.75, 3.05) is 23.3 Å². The van der Waals surface area contributed by atoms with Gasteiger partial charge in [0.1, 0.15) is 5.69 Å². The quantitative estimate of drug-likeness (QED) is 0.525. The molecule has 7 heteroatoms. The molecule has 1 fully saturated rings. The molecule has 7 nitrogen and oxygen atoms in total. The van der Waals surface area contributed by atoms with Gasteiger partial charge < -0.3 is 15.2 Å². The Morgan fingerprint density at radius 1 is 1.12 bits per heavy atom. The van der Waals surface area contributed by atoms with E-state index in [1.54, 1.807) is 24.4 Å². The fraction of sp³-hybridized carbons (Fsp3) is 0.308. The standard InChI is InChI=1S/C26H27N5O2/c27-14-3-2-7-21-8-6-9-23(29-21)20-17-24(26(33)28-18-20)30-25(32)19-10-12-22(13-11-19)31-15-4-1-5-16-31/h6,8-13,17-18H,1-5,7,15-16H2,(H,28,33)(H,30,32). The summed E-state index contributed by atoms with van der Waals surface area (Å²) in [5.74, 6) is -0.332. The maximum atomic E-state index is 12.8. The van der Waals surface area contributed by atoms with E-state index in [-0.39, 0.29) is 17.2 Å². The van der Waals surface area contributed by atoms with Crippen LogP contribution < -0.4 is 15.8 Å². The number of aromatic nitrogens is 2. The van der Waals surface area contributed by atoms with Gasteiger partial charge in [-0.05, 0) is 74.6 Å². The van der Waals surface area contributed by atoms with E-state index < -0.39 is 0 Å². The molecule has 2 N–H and O–H groups in total. The van der Waals surface area contributed by atoms with Gasteiger partial charge in [-0.25, -0.2) is 0 Å². The third kappa shape index (κ3) is 5.66. The van der Waals surface area contributed by atoms with E-state index in [0.29, 0.717) is 29.7 Å². The third-order valence-corrected chi connectivity index (χ3v) is 5.83. The van der Waals surface area contributed by atoms with Crippen molar-refractivity contribution in [3.8, 4) is 17.3 Å². The zero-order chi connectivity index (χ0) is 23.0. The van der Waals surface area contributed by atoms with Crippen LogP contribution in [0, 0.1) is 11.3 Å². The summed E-state index contributed by atoms with van der Waals surface area (Å²) in [6.45, 7) is 2.09. The van der Waals surface area contributed by atoms with Crippen molar-refractivity contribution < 1.29 is 4.79 Å². The average molecular weight is 442 g/mol. The van der Waals surface area contributed by atoms with Crippen molar-refractivity contribution in [3.63, 3.8) is 0 Å². The highest BCUT2D eigenvalue weighted by Crippen LogP contribution is 2.22. The van der Waals surface area contributed by atoms with Crippen molar-refractivity contribution in [1.29, 1.82) is 5.26 Å². The molecule has 0 atom stereocenters. The topological polar surface area (TPSA) is 102 Å². The van der Waals surface area contributed by atoms with Crippen molar-refractivity contribution in [3.05, 3.63) is 76.3 Å². The maximum Gasteiger partial charge on any atom is 0.271 e. The molecule has 1 aromatic carbocycles. The molecule has 1 saturated heterocycles. The summed E-state index contributed by atoms with van der Waals surface area (Å²) >= 11 is 0. The molecule has 0 spiro atoms. The predicted molar refractivity (Wildman–Crippen MR) is 129 cm³/mol. The van der Waals surface area contributed by atoms with Gasteiger partial charge in [0.05, 0.1) is 11.8 Å². The number of nitriles is 1. The minimum absolute atomic E-state index is 0.175. The summed E-state index contributed by atoms with van der Waals surface area (Å²) < 4.78 is 0. The Balaban J connectivity index is 1.48. The Hall–Kier alpha value is -3.92. The molecule has 33 heavy (non-hydrogen) atoms. The minimum Gasteiger partial charge on any atom is -0.372 e. The highest BCUT2D eigenvalue weighted by atomic mass is 16.2. The summed E-state index contributed by atoms with van der Waals surface area (Å²) in [5, 5.41) is 11.5. The fourth-order valence-electron chi connectivity index (χ4n) is 4.02. The van der Waals surface area contributed by atoms with E-state index in [1.807, 2.05) is 30.3 Å². The van der Waals surface area contributed by atoms with Gasteiger partial charge in [0.25, 0.3) is 11.5 Å². The first-order chi connectivity index (χ1) is 16.1. The first-order valence-electron chi connectivity index (χ1n) is 11.4. The second kappa shape index (κ2) is 10.6. The zero-order valence-corrected chi connectivity index (χ0v) is 18.5. The summed E-state index contributed by atoms with van der Waals surface area (Å²) in [4.78, 5) is 34.8. The molecule has 1 amide bonds. The van der Waals surface area contributed by atoms with Crippen LogP contribution in [0.25, 0.3) is 11.3 Å². The molecule has 0 bridgehead atoms. The van der Waals surface area contributed by atoms with Crippen molar-refractivity contribution >= 4 is 17.3 Å². The average Bonchev–Trinajstić information content (AvgIpc) is 2.86. The van der Waals surface area contributed by atoms with Gasteiger partial charge in [0.2, 0.25) is 0 Å². The van der Waals surface area contributed by atoms with Crippen LogP contribution in [0.1, 0.15) is 48.2 Å². The Labute approximate surface area is 193 Å². The molecule has 3 aromatic rings. The van der Waals surface area contributed by atoms with E-state index >= 15 is 0 Å². The van der Waals surface area contributed by atoms with Crippen LogP contribution in [0.5, 0.6) is 0 Å². The summed E-state index contributed by atoms with van der Waals surface area (Å²) in [6.07, 6.45) is 7.19. The van der Waals surface area contributed by atoms with Crippen molar-refractivity contribution in [2.45, 2.75) is 38.5 Å². The van der Waals surface area contributed by atoms with E-state index in [0.717, 1.165) is 30.9 Å². The number of aryl methyl sites for hydroxylation is 1. The van der Waals surface area contributed by atoms with Gasteiger partial charge in [-0.15, -0.1) is 0 Å². The van der Waals surface area contributed by atoms with Gasteiger partial charge in [-0.3, -0.25) is 14.6 Å². The van der Waals surface area contributed by atoms with Gasteiger partial charge in [0.15, 0.2) is 0 Å². The first kappa shape index (κ1) is 22.3. The lowest BCUT2D eigenvalue weighted by Gasteiger charge is -2.28. The molecule has 3 heterocycles. The largest absolute Gasteiger partial charge is 0.372 e. The van der Waals surface area contributed by atoms with Gasteiger partial charge >= 0.3 is 0 Å². The molecule has 1 aliphatic heterocycles. The van der Waals surface area contributed by atoms with E-state index in [9.17, 15) is 9.59 Å². The van der Waals surface area contributed by atoms with Crippen LogP contribution in [0.15, 0.2) is 59.5 Å². The number of nitrogens with zero attached hydrogens (tertiary/aromatic N) is 3. The number of anilines is 2. The van der Waals surface area contributed by atoms with Crippen molar-refractivity contribution in [1.82, 2.24) is 9.97 Å². The highest BCUT2D eigenvalue weighted by Gasteiger charge is 2.14. The number of piperidine rings is 1. The van der Waals surface area contributed by atoms with E-state index in [4.69, 9.17) is 5.26 Å². The number of nitrogens with one attached hydrogen (secondary N) is 2. The van der Waals surface area contributed by atoms with Gasteiger partial charge in [-0.2, -0.15) is 5.26 Å². The van der Waals surface area contributed by atoms with Crippen LogP contribution >= 0.6 is 0 Å². The Morgan fingerprint density at radius 2 is 1.91 bits per heavy atom. The minimum atomic E-state index is -0.373. The van der Waals surface area contributed by atoms with Crippen molar-refractivity contribution in [2.24, 2.45) is 0 Å². The summed E-state index contributed by atoms with van der Waals surface area (Å²) in [5.41, 5.74) is 3.70. The van der Waals surface area contributed by atoms with Crippen LogP contribution in [-0.2, 0) is 6.42 Å². The molecule has 2 aromatic heterocycles. The zero-order valence-electron chi connectivity index (χ0n) is 18.5. The van der Waals surface area contributed by atoms with Crippen LogP contribution in [0.2, 0.25) is 0 Å². The molecule has 0 aliphatic carbocycles. The van der Waals surface area contributed by atoms with E-state index in [1.165, 1.54) is 19.3 Å². The Morgan fingerprint density at radius 3 is 2.67 bits per heavy atom. The highest BCUT2D eigenvalue weighted by molar-refractivity contribution is 6.04. The van der Waals surface area contributed by atoms with Gasteiger partial charge in [0, 0.05) is 48.2 Å². The summed E-state index contributed by atoms with van der Waals surface area (Å²) in [6, 6.07) is 17.0. The number of unbranched alkanes of at least 4 members (excludes halogenated alkanes) is 1. The SMILES string of the molecule is N#CCCCc1cccc(-c2c[nH]c(=O)c(NC(=O)c3ccc(N4CCCCC4)cc3)c2)n1. The van der Waals surface area contributed by atoms with Gasteiger partial charge in [-0.1, -0.05) is 6.07 Å².